The van der Waals surface area contributed by atoms with E-state index in [1.807, 2.05) is 74.5 Å². The fraction of sp³-hybridized carbons (Fsp3) is 0.250. The summed E-state index contributed by atoms with van der Waals surface area (Å²) in [6.45, 7) is 2.59. The zero-order valence-corrected chi connectivity index (χ0v) is 14.5. The summed E-state index contributed by atoms with van der Waals surface area (Å²) in [6.07, 6.45) is 1.88. The van der Waals surface area contributed by atoms with Crippen LogP contribution in [0.25, 0.3) is 11.6 Å². The molecule has 4 heteroatoms. The summed E-state index contributed by atoms with van der Waals surface area (Å²) in [7, 11) is 5.53. The van der Waals surface area contributed by atoms with Crippen molar-refractivity contribution in [1.82, 2.24) is 0 Å². The average Bonchev–Trinajstić information content (AvgIpc) is 2.60. The Morgan fingerprint density at radius 3 is 2.33 bits per heavy atom. The van der Waals surface area contributed by atoms with Gasteiger partial charge in [0.2, 0.25) is 0 Å². The molecule has 0 fully saturated rings. The van der Waals surface area contributed by atoms with Gasteiger partial charge in [0, 0.05) is 31.4 Å². The van der Waals surface area contributed by atoms with Crippen LogP contribution in [0.1, 0.15) is 18.1 Å². The zero-order chi connectivity index (χ0) is 17.5. The summed E-state index contributed by atoms with van der Waals surface area (Å²) in [5.74, 6) is 1.59. The Balaban J connectivity index is 2.42. The molecule has 0 bridgehead atoms. The van der Waals surface area contributed by atoms with Crippen molar-refractivity contribution in [2.24, 2.45) is 0 Å². The molecular weight excluding hydrogens is 300 g/mol. The minimum Gasteiger partial charge on any atom is -0.497 e. The Morgan fingerprint density at radius 1 is 1.12 bits per heavy atom. The van der Waals surface area contributed by atoms with Crippen molar-refractivity contribution in [1.29, 1.82) is 5.26 Å². The second-order valence-electron chi connectivity index (χ2n) is 5.45. The number of anilines is 1. The topological polar surface area (TPSA) is 45.5 Å². The Bertz CT molecular complexity index is 756. The number of nitriles is 1. The van der Waals surface area contributed by atoms with E-state index in [1.54, 1.807) is 7.11 Å². The maximum atomic E-state index is 9.62. The maximum Gasteiger partial charge on any atom is 0.120 e. The van der Waals surface area contributed by atoms with Crippen molar-refractivity contribution in [2.75, 3.05) is 32.7 Å². The predicted molar refractivity (Wildman–Crippen MR) is 98.4 cm³/mol. The van der Waals surface area contributed by atoms with Gasteiger partial charge in [0.15, 0.2) is 0 Å². The molecule has 0 heterocycles. The van der Waals surface area contributed by atoms with E-state index in [9.17, 15) is 5.26 Å². The highest BCUT2D eigenvalue weighted by Crippen LogP contribution is 2.31. The SMILES string of the molecule is CCOc1ccc(/C=C(\C#N)c2ccc(OC)cc2N(C)C)cc1. The lowest BCUT2D eigenvalue weighted by Gasteiger charge is -2.18. The molecule has 2 aromatic rings. The van der Waals surface area contributed by atoms with Crippen molar-refractivity contribution in [3.63, 3.8) is 0 Å². The van der Waals surface area contributed by atoms with Gasteiger partial charge in [0.1, 0.15) is 11.5 Å². The first kappa shape index (κ1) is 17.4. The molecule has 0 saturated carbocycles. The molecule has 4 nitrogen and oxygen atoms in total. The number of hydrogen-bond donors (Lipinski definition) is 0. The van der Waals surface area contributed by atoms with E-state index < -0.39 is 0 Å². The fourth-order valence-electron chi connectivity index (χ4n) is 2.40. The number of nitrogens with zero attached hydrogens (tertiary/aromatic N) is 2. The number of benzene rings is 2. The highest BCUT2D eigenvalue weighted by Gasteiger charge is 2.11. The van der Waals surface area contributed by atoms with Crippen LogP contribution in [-0.4, -0.2) is 27.8 Å². The summed E-state index contributed by atoms with van der Waals surface area (Å²) < 4.78 is 10.7. The first-order valence-electron chi connectivity index (χ1n) is 7.79. The van der Waals surface area contributed by atoms with Gasteiger partial charge in [-0.15, -0.1) is 0 Å². The van der Waals surface area contributed by atoms with Crippen LogP contribution in [0.5, 0.6) is 11.5 Å². The molecular formula is C20H22N2O2. The van der Waals surface area contributed by atoms with Crippen LogP contribution >= 0.6 is 0 Å². The van der Waals surface area contributed by atoms with Crippen molar-refractivity contribution >= 4 is 17.3 Å². The van der Waals surface area contributed by atoms with Crippen LogP contribution in [0, 0.1) is 11.3 Å². The van der Waals surface area contributed by atoms with Gasteiger partial charge in [-0.05, 0) is 42.8 Å². The summed E-state index contributed by atoms with van der Waals surface area (Å²) in [5, 5.41) is 9.62. The average molecular weight is 322 g/mol. The van der Waals surface area contributed by atoms with Gasteiger partial charge in [-0.3, -0.25) is 0 Å². The third-order valence-electron chi connectivity index (χ3n) is 3.60. The molecule has 0 aromatic heterocycles. The molecule has 0 atom stereocenters. The summed E-state index contributed by atoms with van der Waals surface area (Å²) in [6, 6.07) is 15.7. The Labute approximate surface area is 143 Å². The van der Waals surface area contributed by atoms with E-state index in [-0.39, 0.29) is 0 Å². The molecule has 0 saturated heterocycles. The van der Waals surface area contributed by atoms with Gasteiger partial charge in [-0.2, -0.15) is 5.26 Å². The number of allylic oxidation sites excluding steroid dienone is 1. The van der Waals surface area contributed by atoms with Gasteiger partial charge in [0.05, 0.1) is 25.4 Å². The third kappa shape index (κ3) is 4.08. The predicted octanol–water partition coefficient (Wildman–Crippen LogP) is 4.22. The minimum atomic E-state index is 0.602. The molecule has 0 radical (unpaired) electrons. The zero-order valence-electron chi connectivity index (χ0n) is 14.5. The summed E-state index contributed by atoms with van der Waals surface area (Å²) >= 11 is 0. The van der Waals surface area contributed by atoms with E-state index in [2.05, 4.69) is 6.07 Å². The normalized spacial score (nSPS) is 10.9. The van der Waals surface area contributed by atoms with Gasteiger partial charge < -0.3 is 14.4 Å². The van der Waals surface area contributed by atoms with Gasteiger partial charge in [0.25, 0.3) is 0 Å². The molecule has 0 aliphatic heterocycles. The smallest absolute Gasteiger partial charge is 0.120 e. The van der Waals surface area contributed by atoms with Crippen molar-refractivity contribution in [3.8, 4) is 17.6 Å². The number of methoxy groups -OCH3 is 1. The van der Waals surface area contributed by atoms with E-state index in [0.29, 0.717) is 12.2 Å². The second kappa shape index (κ2) is 8.07. The molecule has 0 aliphatic carbocycles. The first-order valence-corrected chi connectivity index (χ1v) is 7.79. The third-order valence-corrected chi connectivity index (χ3v) is 3.60. The fourth-order valence-corrected chi connectivity index (χ4v) is 2.40. The molecule has 0 unspecified atom stereocenters. The number of ether oxygens (including phenoxy) is 2. The van der Waals surface area contributed by atoms with Crippen molar-refractivity contribution in [2.45, 2.75) is 6.92 Å². The molecule has 124 valence electrons. The molecule has 2 rings (SSSR count). The van der Waals surface area contributed by atoms with Crippen LogP contribution in [0.4, 0.5) is 5.69 Å². The first-order chi connectivity index (χ1) is 11.6. The van der Waals surface area contributed by atoms with E-state index in [0.717, 1.165) is 28.3 Å². The minimum absolute atomic E-state index is 0.602. The van der Waals surface area contributed by atoms with Crippen LogP contribution in [-0.2, 0) is 0 Å². The lowest BCUT2D eigenvalue weighted by Crippen LogP contribution is -2.11. The molecule has 0 spiro atoms. The molecule has 24 heavy (non-hydrogen) atoms. The van der Waals surface area contributed by atoms with E-state index in [1.165, 1.54) is 0 Å². The highest BCUT2D eigenvalue weighted by molar-refractivity contribution is 5.94. The van der Waals surface area contributed by atoms with Crippen LogP contribution in [0.3, 0.4) is 0 Å². The Morgan fingerprint density at radius 2 is 1.79 bits per heavy atom. The van der Waals surface area contributed by atoms with E-state index in [4.69, 9.17) is 9.47 Å². The van der Waals surface area contributed by atoms with Crippen LogP contribution < -0.4 is 14.4 Å². The molecule has 2 aromatic carbocycles. The largest absolute Gasteiger partial charge is 0.497 e. The van der Waals surface area contributed by atoms with Crippen LogP contribution in [0.15, 0.2) is 42.5 Å². The lowest BCUT2D eigenvalue weighted by atomic mass is 10.0. The maximum absolute atomic E-state index is 9.62. The van der Waals surface area contributed by atoms with Crippen molar-refractivity contribution in [3.05, 3.63) is 53.6 Å². The Hall–Kier alpha value is -2.93. The Kier molecular flexibility index (Phi) is 5.86. The van der Waals surface area contributed by atoms with Crippen LogP contribution in [0.2, 0.25) is 0 Å². The molecule has 0 amide bonds. The van der Waals surface area contributed by atoms with Gasteiger partial charge in [-0.1, -0.05) is 12.1 Å². The summed E-state index contributed by atoms with van der Waals surface area (Å²) in [5.41, 5.74) is 3.37. The van der Waals surface area contributed by atoms with Gasteiger partial charge in [-0.25, -0.2) is 0 Å². The standard InChI is InChI=1S/C20H22N2O2/c1-5-24-17-8-6-15(7-9-17)12-16(14-21)19-11-10-18(23-4)13-20(19)22(2)3/h6-13H,5H2,1-4H3/b16-12+. The number of rotatable bonds is 6. The summed E-state index contributed by atoms with van der Waals surface area (Å²) in [4.78, 5) is 1.97. The monoisotopic (exact) mass is 322 g/mol. The van der Waals surface area contributed by atoms with E-state index >= 15 is 0 Å². The second-order valence-corrected chi connectivity index (χ2v) is 5.45. The number of hydrogen-bond acceptors (Lipinski definition) is 4. The highest BCUT2D eigenvalue weighted by atomic mass is 16.5. The molecule has 0 N–H and O–H groups in total. The molecule has 0 aliphatic rings. The van der Waals surface area contributed by atoms with Gasteiger partial charge >= 0.3 is 0 Å². The quantitative estimate of drug-likeness (QED) is 0.590. The van der Waals surface area contributed by atoms with Crippen molar-refractivity contribution < 1.29 is 9.47 Å². The lowest BCUT2D eigenvalue weighted by molar-refractivity contribution is 0.340.